The summed E-state index contributed by atoms with van der Waals surface area (Å²) in [5.41, 5.74) is 0. The molecule has 0 aliphatic heterocycles. The summed E-state index contributed by atoms with van der Waals surface area (Å²) in [4.78, 5) is 2.06. The van der Waals surface area contributed by atoms with Crippen molar-refractivity contribution in [2.24, 2.45) is 0 Å². The van der Waals surface area contributed by atoms with Gasteiger partial charge in [-0.2, -0.15) is 5.10 Å². The van der Waals surface area contributed by atoms with Crippen molar-refractivity contribution in [3.05, 3.63) is 10.6 Å². The highest BCUT2D eigenvalue weighted by Gasteiger charge is 2.03. The Morgan fingerprint density at radius 2 is 2.25 bits per heavy atom. The van der Waals surface area contributed by atoms with Crippen LogP contribution in [0.3, 0.4) is 0 Å². The summed E-state index contributed by atoms with van der Waals surface area (Å²) in [5.74, 6) is 0.543. The van der Waals surface area contributed by atoms with Gasteiger partial charge in [0, 0.05) is 6.54 Å². The lowest BCUT2D eigenvalue weighted by Gasteiger charge is -2.10. The van der Waals surface area contributed by atoms with Crippen LogP contribution in [0.15, 0.2) is 0 Å². The maximum absolute atomic E-state index is 9.01. The zero-order valence-corrected chi connectivity index (χ0v) is 10.5. The molecular weight excluding hydrogens is 228 g/mol. The number of ether oxygens (including phenoxy) is 1. The summed E-state index contributed by atoms with van der Waals surface area (Å²) in [6.45, 7) is 2.63. The van der Waals surface area contributed by atoms with Gasteiger partial charge in [-0.15, -0.1) is 0 Å². The summed E-state index contributed by atoms with van der Waals surface area (Å²) in [6, 6.07) is 0. The third-order valence-corrected chi connectivity index (χ3v) is 2.43. The molecule has 0 radical (unpaired) electrons. The van der Waals surface area contributed by atoms with Crippen molar-refractivity contribution in [2.75, 3.05) is 33.9 Å². The van der Waals surface area contributed by atoms with Crippen LogP contribution >= 0.6 is 12.2 Å². The quantitative estimate of drug-likeness (QED) is 0.524. The summed E-state index contributed by atoms with van der Waals surface area (Å²) in [5, 5.41) is 15.5. The first kappa shape index (κ1) is 13.3. The lowest BCUT2D eigenvalue weighted by atomic mass is 10.5. The van der Waals surface area contributed by atoms with Crippen LogP contribution in [-0.2, 0) is 17.9 Å². The van der Waals surface area contributed by atoms with Crippen molar-refractivity contribution in [3.63, 3.8) is 0 Å². The van der Waals surface area contributed by atoms with Crippen molar-refractivity contribution in [2.45, 2.75) is 13.2 Å². The molecule has 92 valence electrons. The van der Waals surface area contributed by atoms with Gasteiger partial charge in [0.05, 0.1) is 19.8 Å². The molecule has 16 heavy (non-hydrogen) atoms. The summed E-state index contributed by atoms with van der Waals surface area (Å²) in [6.07, 6.45) is 0. The number of rotatable bonds is 7. The highest BCUT2D eigenvalue weighted by molar-refractivity contribution is 7.71. The summed E-state index contributed by atoms with van der Waals surface area (Å²) in [7, 11) is 4.00. The zero-order valence-electron chi connectivity index (χ0n) is 9.64. The molecule has 0 aliphatic carbocycles. The third kappa shape index (κ3) is 4.01. The number of nitrogens with zero attached hydrogens (tertiary/aromatic N) is 3. The van der Waals surface area contributed by atoms with E-state index in [2.05, 4.69) is 15.1 Å². The number of aromatic nitrogens is 3. The molecule has 7 heteroatoms. The number of aliphatic hydroxyl groups excluding tert-OH is 1. The highest BCUT2D eigenvalue weighted by Crippen LogP contribution is 1.97. The Bertz CT molecular complexity index is 361. The molecule has 0 bridgehead atoms. The third-order valence-electron chi connectivity index (χ3n) is 2.12. The SMILES string of the molecule is CN(C)CCOCCn1c(CO)n[nH]c1=S. The summed E-state index contributed by atoms with van der Waals surface area (Å²) < 4.78 is 7.70. The molecule has 0 unspecified atom stereocenters. The number of nitrogens with one attached hydrogen (secondary N) is 1. The highest BCUT2D eigenvalue weighted by atomic mass is 32.1. The van der Waals surface area contributed by atoms with Gasteiger partial charge in [-0.25, -0.2) is 0 Å². The summed E-state index contributed by atoms with van der Waals surface area (Å²) >= 11 is 5.03. The molecule has 0 saturated carbocycles. The van der Waals surface area contributed by atoms with E-state index in [4.69, 9.17) is 22.1 Å². The van der Waals surface area contributed by atoms with Gasteiger partial charge in [-0.05, 0) is 26.3 Å². The molecule has 6 nitrogen and oxygen atoms in total. The predicted octanol–water partition coefficient (Wildman–Crippen LogP) is 0.0112. The second kappa shape index (κ2) is 6.74. The second-order valence-electron chi connectivity index (χ2n) is 3.67. The van der Waals surface area contributed by atoms with Crippen LogP contribution in [0, 0.1) is 4.77 Å². The Morgan fingerprint density at radius 1 is 1.50 bits per heavy atom. The Morgan fingerprint density at radius 3 is 2.88 bits per heavy atom. The minimum Gasteiger partial charge on any atom is -0.388 e. The molecule has 0 atom stereocenters. The van der Waals surface area contributed by atoms with E-state index in [1.54, 1.807) is 4.57 Å². The van der Waals surface area contributed by atoms with E-state index in [9.17, 15) is 0 Å². The van der Waals surface area contributed by atoms with Gasteiger partial charge < -0.3 is 14.7 Å². The van der Waals surface area contributed by atoms with Crippen LogP contribution in [-0.4, -0.2) is 58.6 Å². The van der Waals surface area contributed by atoms with Gasteiger partial charge in [0.15, 0.2) is 10.6 Å². The Balaban J connectivity index is 2.31. The number of likely N-dealkylation sites (N-methyl/N-ethyl adjacent to an activating group) is 1. The van der Waals surface area contributed by atoms with Crippen molar-refractivity contribution in [3.8, 4) is 0 Å². The van der Waals surface area contributed by atoms with Crippen molar-refractivity contribution in [1.29, 1.82) is 0 Å². The van der Waals surface area contributed by atoms with Gasteiger partial charge >= 0.3 is 0 Å². The van der Waals surface area contributed by atoms with E-state index in [0.29, 0.717) is 30.4 Å². The van der Waals surface area contributed by atoms with Crippen LogP contribution in [0.25, 0.3) is 0 Å². The van der Waals surface area contributed by atoms with Crippen LogP contribution in [0.2, 0.25) is 0 Å². The topological polar surface area (TPSA) is 66.3 Å². The number of aromatic amines is 1. The van der Waals surface area contributed by atoms with Crippen LogP contribution in [0.5, 0.6) is 0 Å². The molecule has 0 spiro atoms. The van der Waals surface area contributed by atoms with E-state index in [1.807, 2.05) is 14.1 Å². The van der Waals surface area contributed by atoms with Crippen molar-refractivity contribution < 1.29 is 9.84 Å². The van der Waals surface area contributed by atoms with Gasteiger partial charge in [0.1, 0.15) is 6.61 Å². The lowest BCUT2D eigenvalue weighted by Crippen LogP contribution is -2.19. The average molecular weight is 246 g/mol. The van der Waals surface area contributed by atoms with E-state index < -0.39 is 0 Å². The molecule has 1 rings (SSSR count). The molecule has 0 saturated heterocycles. The van der Waals surface area contributed by atoms with Gasteiger partial charge in [-0.1, -0.05) is 0 Å². The smallest absolute Gasteiger partial charge is 0.195 e. The Hall–Kier alpha value is -0.760. The Kier molecular flexibility index (Phi) is 5.61. The van der Waals surface area contributed by atoms with Crippen LogP contribution < -0.4 is 0 Å². The minimum absolute atomic E-state index is 0.120. The second-order valence-corrected chi connectivity index (χ2v) is 4.06. The first-order valence-electron chi connectivity index (χ1n) is 5.12. The van der Waals surface area contributed by atoms with E-state index in [-0.39, 0.29) is 6.61 Å². The van der Waals surface area contributed by atoms with E-state index >= 15 is 0 Å². The fraction of sp³-hybridized carbons (Fsp3) is 0.778. The molecule has 1 heterocycles. The van der Waals surface area contributed by atoms with Crippen LogP contribution in [0.4, 0.5) is 0 Å². The van der Waals surface area contributed by atoms with Crippen molar-refractivity contribution >= 4 is 12.2 Å². The number of H-pyrrole nitrogens is 1. The molecule has 0 aromatic carbocycles. The van der Waals surface area contributed by atoms with Crippen LogP contribution in [0.1, 0.15) is 5.82 Å². The monoisotopic (exact) mass is 246 g/mol. The fourth-order valence-corrected chi connectivity index (χ4v) is 1.45. The molecule has 0 aliphatic rings. The maximum Gasteiger partial charge on any atom is 0.195 e. The lowest BCUT2D eigenvalue weighted by molar-refractivity contribution is 0.109. The normalized spacial score (nSPS) is 11.2. The van der Waals surface area contributed by atoms with Crippen molar-refractivity contribution in [1.82, 2.24) is 19.7 Å². The van der Waals surface area contributed by atoms with E-state index in [1.165, 1.54) is 0 Å². The number of hydrogen-bond acceptors (Lipinski definition) is 5. The first-order valence-corrected chi connectivity index (χ1v) is 5.53. The fourth-order valence-electron chi connectivity index (χ4n) is 1.21. The largest absolute Gasteiger partial charge is 0.388 e. The van der Waals surface area contributed by atoms with Gasteiger partial charge in [0.25, 0.3) is 0 Å². The standard InChI is InChI=1S/C9H18N4O2S/c1-12(2)3-5-15-6-4-13-8(7-14)10-11-9(13)16/h14H,3-7H2,1-2H3,(H,11,16). The molecule has 1 aromatic heterocycles. The molecule has 0 fully saturated rings. The Labute approximate surface area is 99.8 Å². The molecule has 0 amide bonds. The number of aliphatic hydroxyl groups is 1. The molecular formula is C9H18N4O2S. The van der Waals surface area contributed by atoms with Gasteiger partial charge in [-0.3, -0.25) is 9.67 Å². The molecule has 2 N–H and O–H groups in total. The van der Waals surface area contributed by atoms with E-state index in [0.717, 1.165) is 6.54 Å². The van der Waals surface area contributed by atoms with Gasteiger partial charge in [0.2, 0.25) is 0 Å². The average Bonchev–Trinajstić information content (AvgIpc) is 2.59. The molecule has 1 aromatic rings. The zero-order chi connectivity index (χ0) is 12.0. The maximum atomic E-state index is 9.01. The number of hydrogen-bond donors (Lipinski definition) is 2. The first-order chi connectivity index (χ1) is 7.65. The predicted molar refractivity (Wildman–Crippen MR) is 62.7 cm³/mol. The minimum atomic E-state index is -0.120.